The quantitative estimate of drug-likeness (QED) is 0.793. The van der Waals surface area contributed by atoms with Crippen molar-refractivity contribution < 1.29 is 4.74 Å². The highest BCUT2D eigenvalue weighted by Gasteiger charge is 2.27. The molecule has 20 heavy (non-hydrogen) atoms. The Hall–Kier alpha value is -1.19. The molecule has 2 aromatic carbocycles. The van der Waals surface area contributed by atoms with Gasteiger partial charge >= 0.3 is 0 Å². The SMILES string of the molecule is CC1COc2ccccc2C1Nc1cc(Cl)ccc1Br. The number of hydrogen-bond donors (Lipinski definition) is 1. The van der Waals surface area contributed by atoms with E-state index in [4.69, 9.17) is 16.3 Å². The van der Waals surface area contributed by atoms with Crippen molar-refractivity contribution in [2.45, 2.75) is 13.0 Å². The second-order valence-corrected chi connectivity index (χ2v) is 6.36. The molecule has 0 saturated carbocycles. The maximum Gasteiger partial charge on any atom is 0.124 e. The minimum atomic E-state index is 0.217. The number of ether oxygens (including phenoxy) is 1. The van der Waals surface area contributed by atoms with E-state index in [1.54, 1.807) is 0 Å². The van der Waals surface area contributed by atoms with Crippen molar-refractivity contribution in [3.05, 3.63) is 57.5 Å². The fourth-order valence-electron chi connectivity index (χ4n) is 2.49. The highest BCUT2D eigenvalue weighted by molar-refractivity contribution is 9.10. The van der Waals surface area contributed by atoms with Gasteiger partial charge in [0.05, 0.1) is 18.3 Å². The van der Waals surface area contributed by atoms with Crippen LogP contribution in [0.4, 0.5) is 5.69 Å². The zero-order valence-electron chi connectivity index (χ0n) is 11.1. The van der Waals surface area contributed by atoms with Crippen LogP contribution in [0.2, 0.25) is 5.02 Å². The van der Waals surface area contributed by atoms with Crippen LogP contribution in [0.1, 0.15) is 18.5 Å². The summed E-state index contributed by atoms with van der Waals surface area (Å²) in [6.07, 6.45) is 0. The first-order chi connectivity index (χ1) is 9.65. The van der Waals surface area contributed by atoms with Crippen molar-refractivity contribution in [2.24, 2.45) is 5.92 Å². The standard InChI is InChI=1S/C16H15BrClNO/c1-10-9-20-15-5-3-2-4-12(15)16(10)19-14-8-11(18)6-7-13(14)17/h2-8,10,16,19H,9H2,1H3. The predicted octanol–water partition coefficient (Wildman–Crippen LogP) is 5.28. The zero-order chi connectivity index (χ0) is 14.1. The molecule has 0 aromatic heterocycles. The molecule has 0 amide bonds. The van der Waals surface area contributed by atoms with Crippen molar-refractivity contribution in [1.29, 1.82) is 0 Å². The molecule has 104 valence electrons. The van der Waals surface area contributed by atoms with Gasteiger partial charge in [0.15, 0.2) is 0 Å². The van der Waals surface area contributed by atoms with Gasteiger partial charge in [-0.2, -0.15) is 0 Å². The Balaban J connectivity index is 1.95. The van der Waals surface area contributed by atoms with Crippen molar-refractivity contribution in [2.75, 3.05) is 11.9 Å². The summed E-state index contributed by atoms with van der Waals surface area (Å²) in [5.74, 6) is 1.34. The zero-order valence-corrected chi connectivity index (χ0v) is 13.4. The van der Waals surface area contributed by atoms with Crippen molar-refractivity contribution >= 4 is 33.2 Å². The van der Waals surface area contributed by atoms with E-state index in [1.165, 1.54) is 5.56 Å². The first kappa shape index (κ1) is 13.8. The van der Waals surface area contributed by atoms with Gasteiger partial charge < -0.3 is 10.1 Å². The first-order valence-electron chi connectivity index (χ1n) is 6.58. The maximum atomic E-state index is 6.09. The fourth-order valence-corrected chi connectivity index (χ4v) is 3.02. The Morgan fingerprint density at radius 2 is 2.05 bits per heavy atom. The highest BCUT2D eigenvalue weighted by atomic mass is 79.9. The molecule has 0 saturated heterocycles. The van der Waals surface area contributed by atoms with Crippen molar-refractivity contribution in [3.8, 4) is 5.75 Å². The summed E-state index contributed by atoms with van der Waals surface area (Å²) in [6, 6.07) is 14.2. The lowest BCUT2D eigenvalue weighted by Crippen LogP contribution is -2.28. The average Bonchev–Trinajstić information content (AvgIpc) is 2.46. The summed E-state index contributed by atoms with van der Waals surface area (Å²) in [5, 5.41) is 4.31. The Bertz CT molecular complexity index is 632. The van der Waals surface area contributed by atoms with Gasteiger partial charge in [0.25, 0.3) is 0 Å². The number of benzene rings is 2. The van der Waals surface area contributed by atoms with Crippen molar-refractivity contribution in [1.82, 2.24) is 0 Å². The molecule has 1 N–H and O–H groups in total. The average molecular weight is 353 g/mol. The molecule has 0 aliphatic carbocycles. The number of anilines is 1. The number of fused-ring (bicyclic) bond motifs is 1. The third kappa shape index (κ3) is 2.65. The molecule has 1 heterocycles. The maximum absolute atomic E-state index is 6.09. The molecule has 4 heteroatoms. The summed E-state index contributed by atoms with van der Waals surface area (Å²) in [4.78, 5) is 0. The molecule has 2 unspecified atom stereocenters. The van der Waals surface area contributed by atoms with E-state index in [1.807, 2.05) is 36.4 Å². The van der Waals surface area contributed by atoms with E-state index >= 15 is 0 Å². The minimum absolute atomic E-state index is 0.217. The predicted molar refractivity (Wildman–Crippen MR) is 86.6 cm³/mol. The van der Waals surface area contributed by atoms with Gasteiger partial charge in [0, 0.05) is 21.0 Å². The molecule has 0 radical (unpaired) electrons. The Morgan fingerprint density at radius 1 is 1.25 bits per heavy atom. The number of rotatable bonds is 2. The Kier molecular flexibility index (Phi) is 3.90. The fraction of sp³-hybridized carbons (Fsp3) is 0.250. The second kappa shape index (κ2) is 5.66. The molecule has 0 bridgehead atoms. The lowest BCUT2D eigenvalue weighted by Gasteiger charge is -2.33. The summed E-state index contributed by atoms with van der Waals surface area (Å²) in [5.41, 5.74) is 2.20. The number of hydrogen-bond acceptors (Lipinski definition) is 2. The van der Waals surface area contributed by atoms with Gasteiger partial charge in [-0.25, -0.2) is 0 Å². The summed E-state index contributed by atoms with van der Waals surface area (Å²) in [7, 11) is 0. The largest absolute Gasteiger partial charge is 0.493 e. The normalized spacial score (nSPS) is 20.9. The molecule has 3 rings (SSSR count). The van der Waals surface area contributed by atoms with Crippen LogP contribution in [0.5, 0.6) is 5.75 Å². The van der Waals surface area contributed by atoms with Gasteiger partial charge in [-0.05, 0) is 40.2 Å². The van der Waals surface area contributed by atoms with Gasteiger partial charge in [-0.15, -0.1) is 0 Å². The van der Waals surface area contributed by atoms with E-state index in [-0.39, 0.29) is 6.04 Å². The van der Waals surface area contributed by atoms with Crippen molar-refractivity contribution in [3.63, 3.8) is 0 Å². The highest BCUT2D eigenvalue weighted by Crippen LogP contribution is 2.39. The molecule has 1 aliphatic heterocycles. The van der Waals surface area contributed by atoms with E-state index in [2.05, 4.69) is 34.2 Å². The van der Waals surface area contributed by atoms with Gasteiger partial charge in [-0.3, -0.25) is 0 Å². The molecule has 1 aliphatic rings. The van der Waals surface area contributed by atoms with Crippen LogP contribution in [-0.4, -0.2) is 6.61 Å². The van der Waals surface area contributed by atoms with Gasteiger partial charge in [0.1, 0.15) is 5.75 Å². The molecule has 0 fully saturated rings. The lowest BCUT2D eigenvalue weighted by molar-refractivity contribution is 0.214. The van der Waals surface area contributed by atoms with E-state index in [0.29, 0.717) is 12.5 Å². The van der Waals surface area contributed by atoms with Crippen LogP contribution in [-0.2, 0) is 0 Å². The van der Waals surface area contributed by atoms with Crippen LogP contribution in [0.25, 0.3) is 0 Å². The number of nitrogens with one attached hydrogen (secondary N) is 1. The molecule has 2 aromatic rings. The van der Waals surface area contributed by atoms with Crippen LogP contribution in [0.15, 0.2) is 46.9 Å². The van der Waals surface area contributed by atoms with E-state index in [0.717, 1.165) is 20.9 Å². The third-order valence-corrected chi connectivity index (χ3v) is 4.49. The van der Waals surface area contributed by atoms with E-state index in [9.17, 15) is 0 Å². The molecule has 2 nitrogen and oxygen atoms in total. The smallest absolute Gasteiger partial charge is 0.124 e. The first-order valence-corrected chi connectivity index (χ1v) is 7.75. The second-order valence-electron chi connectivity index (χ2n) is 5.07. The summed E-state index contributed by atoms with van der Waals surface area (Å²) < 4.78 is 6.79. The summed E-state index contributed by atoms with van der Waals surface area (Å²) in [6.45, 7) is 2.90. The van der Waals surface area contributed by atoms with Crippen LogP contribution >= 0.6 is 27.5 Å². The number of para-hydroxylation sites is 1. The number of halogens is 2. The van der Waals surface area contributed by atoms with E-state index < -0.39 is 0 Å². The lowest BCUT2D eigenvalue weighted by atomic mass is 9.92. The van der Waals surface area contributed by atoms with Gasteiger partial charge in [0.2, 0.25) is 0 Å². The van der Waals surface area contributed by atoms with Crippen LogP contribution in [0, 0.1) is 5.92 Å². The summed E-state index contributed by atoms with van der Waals surface area (Å²) >= 11 is 9.65. The molecule has 0 spiro atoms. The van der Waals surface area contributed by atoms with Crippen LogP contribution < -0.4 is 10.1 Å². The monoisotopic (exact) mass is 351 g/mol. The molecular weight excluding hydrogens is 338 g/mol. The minimum Gasteiger partial charge on any atom is -0.493 e. The van der Waals surface area contributed by atoms with Crippen LogP contribution in [0.3, 0.4) is 0 Å². The Morgan fingerprint density at radius 3 is 2.90 bits per heavy atom. The molecule has 2 atom stereocenters. The van der Waals surface area contributed by atoms with Gasteiger partial charge in [-0.1, -0.05) is 36.7 Å². The Labute approximate surface area is 132 Å². The molecular formula is C16H15BrClNO. The topological polar surface area (TPSA) is 21.3 Å². The third-order valence-electron chi connectivity index (χ3n) is 3.56.